The van der Waals surface area contributed by atoms with Crippen LogP contribution in [0.4, 0.5) is 4.39 Å². The van der Waals surface area contributed by atoms with E-state index in [0.29, 0.717) is 11.6 Å². The summed E-state index contributed by atoms with van der Waals surface area (Å²) in [6, 6.07) is 12.8. The molecule has 2 aromatic carbocycles. The second-order valence-corrected chi connectivity index (χ2v) is 5.51. The molecule has 4 heteroatoms. The number of rotatable bonds is 6. The van der Waals surface area contributed by atoms with E-state index in [1.807, 2.05) is 18.2 Å². The van der Waals surface area contributed by atoms with Gasteiger partial charge >= 0.3 is 0 Å². The lowest BCUT2D eigenvalue weighted by Gasteiger charge is -2.16. The second-order valence-electron chi connectivity index (χ2n) is 5.08. The first-order chi connectivity index (χ1) is 10.1. The Balaban J connectivity index is 1.94. The highest BCUT2D eigenvalue weighted by Crippen LogP contribution is 2.19. The number of halogens is 2. The molecule has 1 unspecified atom stereocenters. The number of ether oxygens (including phenoxy) is 1. The summed E-state index contributed by atoms with van der Waals surface area (Å²) in [6.07, 6.45) is 0.840. The van der Waals surface area contributed by atoms with E-state index in [1.54, 1.807) is 13.2 Å². The molecule has 0 spiro atoms. The van der Waals surface area contributed by atoms with Crippen LogP contribution in [0.1, 0.15) is 18.1 Å². The van der Waals surface area contributed by atoms with Gasteiger partial charge in [0.2, 0.25) is 0 Å². The zero-order valence-corrected chi connectivity index (χ0v) is 13.0. The van der Waals surface area contributed by atoms with E-state index in [-0.39, 0.29) is 11.9 Å². The van der Waals surface area contributed by atoms with Crippen LogP contribution in [0.5, 0.6) is 5.75 Å². The smallest absolute Gasteiger partial charge is 0.125 e. The number of benzene rings is 2. The van der Waals surface area contributed by atoms with Crippen LogP contribution in [-0.2, 0) is 13.0 Å². The Morgan fingerprint density at radius 2 is 2.00 bits per heavy atom. The van der Waals surface area contributed by atoms with Crippen LogP contribution < -0.4 is 10.1 Å². The normalized spacial score (nSPS) is 12.2. The number of hydrogen-bond donors (Lipinski definition) is 1. The van der Waals surface area contributed by atoms with Crippen molar-refractivity contribution in [2.75, 3.05) is 7.11 Å². The fourth-order valence-electron chi connectivity index (χ4n) is 2.28. The van der Waals surface area contributed by atoms with E-state index < -0.39 is 0 Å². The highest BCUT2D eigenvalue weighted by molar-refractivity contribution is 6.30. The third kappa shape index (κ3) is 4.73. The van der Waals surface area contributed by atoms with Crippen molar-refractivity contribution in [2.24, 2.45) is 0 Å². The zero-order valence-electron chi connectivity index (χ0n) is 12.2. The maximum Gasteiger partial charge on any atom is 0.125 e. The number of para-hydroxylation sites is 1. The molecule has 1 atom stereocenters. The van der Waals surface area contributed by atoms with Crippen LogP contribution in [0.3, 0.4) is 0 Å². The van der Waals surface area contributed by atoms with Crippen LogP contribution in [0.15, 0.2) is 42.5 Å². The van der Waals surface area contributed by atoms with Crippen LogP contribution in [-0.4, -0.2) is 13.2 Å². The molecule has 0 amide bonds. The van der Waals surface area contributed by atoms with E-state index in [9.17, 15) is 4.39 Å². The number of hydrogen-bond acceptors (Lipinski definition) is 2. The number of methoxy groups -OCH3 is 1. The van der Waals surface area contributed by atoms with Crippen molar-refractivity contribution in [1.29, 1.82) is 0 Å². The molecule has 0 aliphatic heterocycles. The molecule has 0 aliphatic carbocycles. The largest absolute Gasteiger partial charge is 0.496 e. The Morgan fingerprint density at radius 1 is 1.24 bits per heavy atom. The lowest BCUT2D eigenvalue weighted by Crippen LogP contribution is -2.27. The maximum atomic E-state index is 13.3. The van der Waals surface area contributed by atoms with Crippen molar-refractivity contribution in [3.8, 4) is 5.75 Å². The van der Waals surface area contributed by atoms with Gasteiger partial charge in [-0.2, -0.15) is 0 Å². The molecule has 2 aromatic rings. The molecule has 0 saturated carbocycles. The van der Waals surface area contributed by atoms with Gasteiger partial charge in [-0.1, -0.05) is 29.8 Å². The van der Waals surface area contributed by atoms with Gasteiger partial charge in [0.1, 0.15) is 11.6 Å². The average Bonchev–Trinajstić information content (AvgIpc) is 2.45. The van der Waals surface area contributed by atoms with Gasteiger partial charge in [0.25, 0.3) is 0 Å². The summed E-state index contributed by atoms with van der Waals surface area (Å²) < 4.78 is 18.6. The summed E-state index contributed by atoms with van der Waals surface area (Å²) >= 11 is 5.85. The van der Waals surface area contributed by atoms with Crippen LogP contribution in [0.25, 0.3) is 0 Å². The summed E-state index contributed by atoms with van der Waals surface area (Å²) in [7, 11) is 1.67. The maximum absolute atomic E-state index is 13.3. The Hall–Kier alpha value is -1.58. The fraction of sp³-hybridized carbons (Fsp3) is 0.294. The molecule has 112 valence electrons. The van der Waals surface area contributed by atoms with Gasteiger partial charge in [0.15, 0.2) is 0 Å². The lowest BCUT2D eigenvalue weighted by molar-refractivity contribution is 0.406. The van der Waals surface area contributed by atoms with E-state index >= 15 is 0 Å². The highest BCUT2D eigenvalue weighted by atomic mass is 35.5. The molecule has 0 aromatic heterocycles. The molecule has 0 fully saturated rings. The SMILES string of the molecule is COc1ccccc1CC(C)NCc1cc(F)cc(Cl)c1. The minimum atomic E-state index is -0.309. The van der Waals surface area contributed by atoms with Crippen molar-refractivity contribution in [3.05, 3.63) is 64.4 Å². The first kappa shape index (κ1) is 15.8. The summed E-state index contributed by atoms with van der Waals surface area (Å²) in [5.41, 5.74) is 1.99. The minimum Gasteiger partial charge on any atom is -0.496 e. The van der Waals surface area contributed by atoms with Gasteiger partial charge in [0, 0.05) is 17.6 Å². The molecule has 0 aliphatic rings. The van der Waals surface area contributed by atoms with Crippen molar-refractivity contribution >= 4 is 11.6 Å². The molecule has 0 saturated heterocycles. The van der Waals surface area contributed by atoms with E-state index in [1.165, 1.54) is 12.1 Å². The Bertz CT molecular complexity index is 583. The molecular weight excluding hydrogens is 289 g/mol. The first-order valence-corrected chi connectivity index (χ1v) is 7.26. The fourth-order valence-corrected chi connectivity index (χ4v) is 2.52. The van der Waals surface area contributed by atoms with Gasteiger partial charge in [-0.25, -0.2) is 4.39 Å². The van der Waals surface area contributed by atoms with Crippen molar-refractivity contribution in [2.45, 2.75) is 25.9 Å². The molecule has 0 heterocycles. The van der Waals surface area contributed by atoms with Crippen molar-refractivity contribution in [3.63, 3.8) is 0 Å². The summed E-state index contributed by atoms with van der Waals surface area (Å²) in [4.78, 5) is 0. The summed E-state index contributed by atoms with van der Waals surface area (Å²) in [5, 5.41) is 3.79. The Kier molecular flexibility index (Phi) is 5.59. The molecule has 0 bridgehead atoms. The molecule has 2 nitrogen and oxygen atoms in total. The van der Waals surface area contributed by atoms with E-state index in [4.69, 9.17) is 16.3 Å². The monoisotopic (exact) mass is 307 g/mol. The van der Waals surface area contributed by atoms with Gasteiger partial charge in [-0.3, -0.25) is 0 Å². The second kappa shape index (κ2) is 7.43. The van der Waals surface area contributed by atoms with Crippen LogP contribution in [0, 0.1) is 5.82 Å². The molecule has 0 radical (unpaired) electrons. The molecule has 1 N–H and O–H groups in total. The van der Waals surface area contributed by atoms with Gasteiger partial charge in [-0.05, 0) is 48.7 Å². The topological polar surface area (TPSA) is 21.3 Å². The molecule has 21 heavy (non-hydrogen) atoms. The third-order valence-electron chi connectivity index (χ3n) is 3.30. The van der Waals surface area contributed by atoms with Crippen molar-refractivity contribution in [1.82, 2.24) is 5.32 Å². The average molecular weight is 308 g/mol. The van der Waals surface area contributed by atoms with Crippen LogP contribution >= 0.6 is 11.6 Å². The summed E-state index contributed by atoms with van der Waals surface area (Å²) in [5.74, 6) is 0.580. The van der Waals surface area contributed by atoms with E-state index in [0.717, 1.165) is 23.3 Å². The quantitative estimate of drug-likeness (QED) is 0.863. The predicted octanol–water partition coefficient (Wildman–Crippen LogP) is 4.21. The predicted molar refractivity (Wildman–Crippen MR) is 84.4 cm³/mol. The number of nitrogens with one attached hydrogen (secondary N) is 1. The molecule has 2 rings (SSSR count). The lowest BCUT2D eigenvalue weighted by atomic mass is 10.1. The zero-order chi connectivity index (χ0) is 15.2. The van der Waals surface area contributed by atoms with Gasteiger partial charge in [-0.15, -0.1) is 0 Å². The standard InChI is InChI=1S/C17H19ClFNO/c1-12(7-14-5-3-4-6-17(14)21-2)20-11-13-8-15(18)10-16(19)9-13/h3-6,8-10,12,20H,7,11H2,1-2H3. The van der Waals surface area contributed by atoms with Crippen LogP contribution in [0.2, 0.25) is 5.02 Å². The molecular formula is C17H19ClFNO. The van der Waals surface area contributed by atoms with Crippen molar-refractivity contribution < 1.29 is 9.13 Å². The Labute approximate surface area is 129 Å². The first-order valence-electron chi connectivity index (χ1n) is 6.88. The van der Waals surface area contributed by atoms with Gasteiger partial charge < -0.3 is 10.1 Å². The third-order valence-corrected chi connectivity index (χ3v) is 3.51. The minimum absolute atomic E-state index is 0.239. The summed E-state index contributed by atoms with van der Waals surface area (Å²) in [6.45, 7) is 2.67. The van der Waals surface area contributed by atoms with Gasteiger partial charge in [0.05, 0.1) is 7.11 Å². The Morgan fingerprint density at radius 3 is 2.71 bits per heavy atom. The highest BCUT2D eigenvalue weighted by Gasteiger charge is 2.08. The van der Waals surface area contributed by atoms with E-state index in [2.05, 4.69) is 18.3 Å².